The zero-order chi connectivity index (χ0) is 21.5. The molecule has 0 bridgehead atoms. The van der Waals surface area contributed by atoms with Gasteiger partial charge in [0, 0.05) is 17.1 Å². The molecule has 1 N–H and O–H groups in total. The van der Waals surface area contributed by atoms with Gasteiger partial charge < -0.3 is 14.4 Å². The molecule has 1 fully saturated rings. The third-order valence-corrected chi connectivity index (χ3v) is 6.53. The number of benzene rings is 1. The van der Waals surface area contributed by atoms with Gasteiger partial charge in [0.1, 0.15) is 0 Å². The molecule has 0 unspecified atom stereocenters. The molecule has 31 heavy (non-hydrogen) atoms. The lowest BCUT2D eigenvalue weighted by atomic mass is 9.82. The lowest BCUT2D eigenvalue weighted by molar-refractivity contribution is -0.132. The Morgan fingerprint density at radius 3 is 2.71 bits per heavy atom. The number of esters is 1. The summed E-state index contributed by atoms with van der Waals surface area (Å²) in [4.78, 5) is 28.9. The monoisotopic (exact) mass is 416 g/mol. The van der Waals surface area contributed by atoms with Crippen molar-refractivity contribution in [3.8, 4) is 11.4 Å². The fraction of sp³-hybridized carbons (Fsp3) is 0.320. The van der Waals surface area contributed by atoms with Gasteiger partial charge in [0.05, 0.1) is 41.7 Å². The van der Waals surface area contributed by atoms with Gasteiger partial charge in [-0.25, -0.2) is 9.59 Å². The van der Waals surface area contributed by atoms with Crippen molar-refractivity contribution < 1.29 is 19.4 Å². The van der Waals surface area contributed by atoms with Crippen molar-refractivity contribution in [2.24, 2.45) is 0 Å². The molecule has 1 aliphatic carbocycles. The van der Waals surface area contributed by atoms with E-state index in [-0.39, 0.29) is 6.54 Å². The predicted molar refractivity (Wildman–Crippen MR) is 118 cm³/mol. The highest BCUT2D eigenvalue weighted by molar-refractivity contribution is 6.01. The highest BCUT2D eigenvalue weighted by Gasteiger charge is 2.30. The summed E-state index contributed by atoms with van der Waals surface area (Å²) in [6.07, 6.45) is 9.30. The van der Waals surface area contributed by atoms with Gasteiger partial charge in [-0.05, 0) is 48.6 Å². The van der Waals surface area contributed by atoms with E-state index in [4.69, 9.17) is 4.74 Å². The van der Waals surface area contributed by atoms with Crippen LogP contribution in [0.25, 0.3) is 28.4 Å². The van der Waals surface area contributed by atoms with Crippen molar-refractivity contribution >= 4 is 28.9 Å². The van der Waals surface area contributed by atoms with Crippen molar-refractivity contribution in [1.29, 1.82) is 0 Å². The minimum Gasteiger partial charge on any atom is -0.478 e. The second kappa shape index (κ2) is 7.69. The summed E-state index contributed by atoms with van der Waals surface area (Å²) in [7, 11) is 1.37. The first kappa shape index (κ1) is 19.5. The average Bonchev–Trinajstić information content (AvgIpc) is 3.01. The molecule has 0 spiro atoms. The summed E-state index contributed by atoms with van der Waals surface area (Å²) in [6, 6.07) is 9.36. The maximum absolute atomic E-state index is 12.2. The van der Waals surface area contributed by atoms with Crippen LogP contribution in [0.15, 0.2) is 42.1 Å². The van der Waals surface area contributed by atoms with E-state index in [1.165, 1.54) is 31.9 Å². The van der Waals surface area contributed by atoms with Crippen LogP contribution in [0.4, 0.5) is 0 Å². The van der Waals surface area contributed by atoms with Gasteiger partial charge in [0.15, 0.2) is 0 Å². The molecule has 0 atom stereocenters. The number of nitrogens with zero attached hydrogens (tertiary/aromatic N) is 2. The normalized spacial score (nSPS) is 16.2. The standard InChI is InChI=1S/C25H24N2O4/c1-31-25(30)17-9-10-19-20(13-17)27-14-18(24(28)29)12-16-8-5-11-26-22(16)23(27)21(19)15-6-3-2-4-7-15/h5,8-13,15H,2-4,6-7,14H2,1H3,(H,28,29). The van der Waals surface area contributed by atoms with Crippen molar-refractivity contribution in [2.75, 3.05) is 7.11 Å². The molecule has 1 aromatic carbocycles. The molecule has 6 nitrogen and oxygen atoms in total. The molecule has 3 aromatic rings. The zero-order valence-electron chi connectivity index (χ0n) is 17.4. The number of fused-ring (bicyclic) bond motifs is 5. The fourth-order valence-corrected chi connectivity index (χ4v) is 5.11. The summed E-state index contributed by atoms with van der Waals surface area (Å²) in [5, 5.41) is 10.9. The smallest absolute Gasteiger partial charge is 0.337 e. The summed E-state index contributed by atoms with van der Waals surface area (Å²) in [5.41, 5.74) is 5.42. The van der Waals surface area contributed by atoms with Crippen molar-refractivity contribution in [1.82, 2.24) is 9.55 Å². The number of pyridine rings is 1. The van der Waals surface area contributed by atoms with Crippen LogP contribution in [0, 0.1) is 0 Å². The van der Waals surface area contributed by atoms with E-state index in [0.29, 0.717) is 17.1 Å². The molecular formula is C25H24N2O4. The molecule has 5 rings (SSSR count). The Labute approximate surface area is 180 Å². The van der Waals surface area contributed by atoms with Crippen LogP contribution in [-0.4, -0.2) is 33.7 Å². The Balaban J connectivity index is 1.85. The van der Waals surface area contributed by atoms with Crippen molar-refractivity contribution in [3.63, 3.8) is 0 Å². The number of hydrogen-bond acceptors (Lipinski definition) is 4. The van der Waals surface area contributed by atoms with E-state index < -0.39 is 11.9 Å². The Bertz CT molecular complexity index is 1230. The van der Waals surface area contributed by atoms with E-state index >= 15 is 0 Å². The van der Waals surface area contributed by atoms with Crippen LogP contribution in [0.3, 0.4) is 0 Å². The minimum atomic E-state index is -0.951. The molecule has 0 amide bonds. The largest absolute Gasteiger partial charge is 0.478 e. The van der Waals surface area contributed by atoms with Gasteiger partial charge in [-0.1, -0.05) is 31.4 Å². The SMILES string of the molecule is COC(=O)c1ccc2c(C3CCCCC3)c3n(c2c1)CC(C(=O)O)=Cc1cccnc1-3. The second-order valence-corrected chi connectivity index (χ2v) is 8.32. The first-order valence-corrected chi connectivity index (χ1v) is 10.7. The first-order chi connectivity index (χ1) is 15.1. The maximum Gasteiger partial charge on any atom is 0.337 e. The topological polar surface area (TPSA) is 81.4 Å². The molecule has 2 aromatic heterocycles. The van der Waals surface area contributed by atoms with E-state index in [2.05, 4.69) is 4.98 Å². The highest BCUT2D eigenvalue weighted by Crippen LogP contribution is 2.45. The number of hydrogen-bond donors (Lipinski definition) is 1. The number of aliphatic carboxylic acids is 1. The molecule has 2 aliphatic rings. The quantitative estimate of drug-likeness (QED) is 0.607. The van der Waals surface area contributed by atoms with Crippen LogP contribution in [0.2, 0.25) is 0 Å². The molecule has 158 valence electrons. The molecule has 0 saturated heterocycles. The number of aromatic nitrogens is 2. The predicted octanol–water partition coefficient (Wildman–Crippen LogP) is 5.02. The minimum absolute atomic E-state index is 0.217. The third kappa shape index (κ3) is 3.23. The molecule has 6 heteroatoms. The summed E-state index contributed by atoms with van der Waals surface area (Å²) in [6.45, 7) is 0.217. The number of rotatable bonds is 3. The average molecular weight is 416 g/mol. The lowest BCUT2D eigenvalue weighted by Gasteiger charge is -2.23. The molecule has 1 saturated carbocycles. The van der Waals surface area contributed by atoms with Crippen LogP contribution >= 0.6 is 0 Å². The Hall–Kier alpha value is -3.41. The van der Waals surface area contributed by atoms with Crippen molar-refractivity contribution in [3.05, 3.63) is 58.8 Å². The van der Waals surface area contributed by atoms with Crippen LogP contribution in [0.1, 0.15) is 59.5 Å². The summed E-state index contributed by atoms with van der Waals surface area (Å²) in [5.74, 6) is -0.969. The number of carbonyl (C=O) groups is 2. The van der Waals surface area contributed by atoms with Crippen molar-refractivity contribution in [2.45, 2.75) is 44.6 Å². The van der Waals surface area contributed by atoms with Gasteiger partial charge in [-0.2, -0.15) is 0 Å². The van der Waals surface area contributed by atoms with Gasteiger partial charge >= 0.3 is 11.9 Å². The van der Waals surface area contributed by atoms with E-state index in [1.807, 2.05) is 28.8 Å². The van der Waals surface area contributed by atoms with E-state index in [0.717, 1.165) is 40.7 Å². The fourth-order valence-electron chi connectivity index (χ4n) is 5.11. The highest BCUT2D eigenvalue weighted by atomic mass is 16.5. The zero-order valence-corrected chi connectivity index (χ0v) is 17.4. The Morgan fingerprint density at radius 1 is 1.16 bits per heavy atom. The van der Waals surface area contributed by atoms with Crippen LogP contribution in [-0.2, 0) is 16.1 Å². The van der Waals surface area contributed by atoms with E-state index in [9.17, 15) is 14.7 Å². The molecule has 1 aliphatic heterocycles. The number of carboxylic acids is 1. The van der Waals surface area contributed by atoms with Crippen LogP contribution in [0.5, 0.6) is 0 Å². The van der Waals surface area contributed by atoms with Crippen LogP contribution < -0.4 is 0 Å². The number of carbonyl (C=O) groups excluding carboxylic acids is 1. The van der Waals surface area contributed by atoms with E-state index in [1.54, 1.807) is 18.3 Å². The number of methoxy groups -OCH3 is 1. The van der Waals surface area contributed by atoms with Gasteiger partial charge in [0.25, 0.3) is 0 Å². The second-order valence-electron chi connectivity index (χ2n) is 8.32. The first-order valence-electron chi connectivity index (χ1n) is 10.7. The summed E-state index contributed by atoms with van der Waals surface area (Å²) < 4.78 is 6.96. The number of carboxylic acid groups (broad SMARTS) is 1. The number of ether oxygens (including phenoxy) is 1. The molecule has 0 radical (unpaired) electrons. The lowest BCUT2D eigenvalue weighted by Crippen LogP contribution is -2.10. The molecule has 3 heterocycles. The summed E-state index contributed by atoms with van der Waals surface area (Å²) >= 11 is 0. The molecular weight excluding hydrogens is 392 g/mol. The maximum atomic E-state index is 12.2. The Morgan fingerprint density at radius 2 is 1.97 bits per heavy atom. The van der Waals surface area contributed by atoms with Gasteiger partial charge in [0.2, 0.25) is 0 Å². The van der Waals surface area contributed by atoms with Gasteiger partial charge in [-0.15, -0.1) is 0 Å². The van der Waals surface area contributed by atoms with Gasteiger partial charge in [-0.3, -0.25) is 4.98 Å². The Kier molecular flexibility index (Phi) is 4.85. The third-order valence-electron chi connectivity index (χ3n) is 6.53.